The molecule has 0 radical (unpaired) electrons. The summed E-state index contributed by atoms with van der Waals surface area (Å²) in [5, 5.41) is 11.8. The molecule has 1 aromatic rings. The fourth-order valence-electron chi connectivity index (χ4n) is 2.01. The van der Waals surface area contributed by atoms with Crippen molar-refractivity contribution in [3.05, 3.63) is 34.9 Å². The van der Waals surface area contributed by atoms with Crippen LogP contribution in [0, 0.1) is 19.8 Å². The standard InChI is InChI=1S/C16H23NO3/c1-5-10(2)15(16(19)20)17-14(18)9-13-7-6-11(3)12(4)8-13/h6-8,10,15H,5,9H2,1-4H3,(H,17,18)(H,19,20)/t10?,15-/m0/s1. The van der Waals surface area contributed by atoms with Crippen LogP contribution in [0.1, 0.15) is 37.0 Å². The molecule has 0 saturated carbocycles. The number of aryl methyl sites for hydroxylation is 2. The van der Waals surface area contributed by atoms with Crippen LogP contribution in [0.5, 0.6) is 0 Å². The van der Waals surface area contributed by atoms with Crippen LogP contribution in [0.2, 0.25) is 0 Å². The Morgan fingerprint density at radius 2 is 1.90 bits per heavy atom. The number of amides is 1. The molecule has 0 aliphatic rings. The molecule has 1 amide bonds. The minimum atomic E-state index is -0.979. The Morgan fingerprint density at radius 3 is 2.40 bits per heavy atom. The lowest BCUT2D eigenvalue weighted by Gasteiger charge is -2.20. The molecule has 4 heteroatoms. The fourth-order valence-corrected chi connectivity index (χ4v) is 2.01. The summed E-state index contributed by atoms with van der Waals surface area (Å²) in [6.07, 6.45) is 0.919. The van der Waals surface area contributed by atoms with Crippen molar-refractivity contribution in [2.45, 2.75) is 46.6 Å². The molecule has 0 aliphatic carbocycles. The van der Waals surface area contributed by atoms with E-state index in [1.54, 1.807) is 0 Å². The second kappa shape index (κ2) is 7.08. The van der Waals surface area contributed by atoms with Crippen LogP contribution in [-0.2, 0) is 16.0 Å². The first-order valence-electron chi connectivity index (χ1n) is 6.93. The van der Waals surface area contributed by atoms with E-state index in [-0.39, 0.29) is 18.2 Å². The summed E-state index contributed by atoms with van der Waals surface area (Å²) in [5.74, 6) is -1.31. The zero-order valence-electron chi connectivity index (χ0n) is 12.6. The van der Waals surface area contributed by atoms with E-state index in [0.29, 0.717) is 6.42 Å². The van der Waals surface area contributed by atoms with Crippen molar-refractivity contribution >= 4 is 11.9 Å². The molecule has 110 valence electrons. The summed E-state index contributed by atoms with van der Waals surface area (Å²) in [7, 11) is 0. The zero-order valence-corrected chi connectivity index (χ0v) is 12.6. The summed E-state index contributed by atoms with van der Waals surface area (Å²) in [5.41, 5.74) is 3.21. The summed E-state index contributed by atoms with van der Waals surface area (Å²) in [6, 6.07) is 5.02. The van der Waals surface area contributed by atoms with E-state index in [2.05, 4.69) is 5.32 Å². The predicted molar refractivity (Wildman–Crippen MR) is 78.6 cm³/mol. The number of aliphatic carboxylic acids is 1. The second-order valence-electron chi connectivity index (χ2n) is 5.36. The van der Waals surface area contributed by atoms with Crippen molar-refractivity contribution in [3.63, 3.8) is 0 Å². The molecule has 2 N–H and O–H groups in total. The van der Waals surface area contributed by atoms with Gasteiger partial charge in [-0.1, -0.05) is 38.5 Å². The summed E-state index contributed by atoms with van der Waals surface area (Å²) < 4.78 is 0. The topological polar surface area (TPSA) is 66.4 Å². The maximum absolute atomic E-state index is 12.0. The molecule has 0 spiro atoms. The smallest absolute Gasteiger partial charge is 0.326 e. The quantitative estimate of drug-likeness (QED) is 0.839. The van der Waals surface area contributed by atoms with Crippen molar-refractivity contribution in [1.29, 1.82) is 0 Å². The first-order chi connectivity index (χ1) is 9.35. The van der Waals surface area contributed by atoms with E-state index in [1.807, 2.05) is 45.9 Å². The average Bonchev–Trinajstić information content (AvgIpc) is 2.39. The van der Waals surface area contributed by atoms with Gasteiger partial charge in [0.2, 0.25) is 5.91 Å². The van der Waals surface area contributed by atoms with Crippen molar-refractivity contribution in [2.75, 3.05) is 0 Å². The van der Waals surface area contributed by atoms with Gasteiger partial charge in [0, 0.05) is 0 Å². The van der Waals surface area contributed by atoms with Crippen molar-refractivity contribution < 1.29 is 14.7 Å². The zero-order chi connectivity index (χ0) is 15.3. The van der Waals surface area contributed by atoms with Gasteiger partial charge < -0.3 is 10.4 Å². The molecule has 20 heavy (non-hydrogen) atoms. The molecule has 2 atom stereocenters. The molecule has 0 aromatic heterocycles. The van der Waals surface area contributed by atoms with Gasteiger partial charge in [-0.15, -0.1) is 0 Å². The summed E-state index contributed by atoms with van der Waals surface area (Å²) >= 11 is 0. The van der Waals surface area contributed by atoms with Gasteiger partial charge >= 0.3 is 5.97 Å². The maximum Gasteiger partial charge on any atom is 0.326 e. The Labute approximate surface area is 120 Å². The first-order valence-corrected chi connectivity index (χ1v) is 6.93. The van der Waals surface area contributed by atoms with Gasteiger partial charge in [0.05, 0.1) is 6.42 Å². The van der Waals surface area contributed by atoms with Crippen molar-refractivity contribution in [2.24, 2.45) is 5.92 Å². The van der Waals surface area contributed by atoms with Gasteiger partial charge in [-0.05, 0) is 36.5 Å². The largest absolute Gasteiger partial charge is 0.480 e. The molecule has 0 saturated heterocycles. The lowest BCUT2D eigenvalue weighted by molar-refractivity contribution is -0.143. The van der Waals surface area contributed by atoms with E-state index >= 15 is 0 Å². The van der Waals surface area contributed by atoms with Gasteiger partial charge in [-0.2, -0.15) is 0 Å². The van der Waals surface area contributed by atoms with Crippen LogP contribution >= 0.6 is 0 Å². The molecular formula is C16H23NO3. The molecule has 1 unspecified atom stereocenters. The Hall–Kier alpha value is -1.84. The van der Waals surface area contributed by atoms with Crippen LogP contribution in [0.3, 0.4) is 0 Å². The van der Waals surface area contributed by atoms with Gasteiger partial charge in [0.1, 0.15) is 6.04 Å². The lowest BCUT2D eigenvalue weighted by Crippen LogP contribution is -2.45. The predicted octanol–water partition coefficient (Wildman–Crippen LogP) is 2.46. The average molecular weight is 277 g/mol. The number of carboxylic acid groups (broad SMARTS) is 1. The molecule has 0 heterocycles. The summed E-state index contributed by atoms with van der Waals surface area (Å²) in [4.78, 5) is 23.1. The third-order valence-corrected chi connectivity index (χ3v) is 3.73. The molecule has 0 bridgehead atoms. The van der Waals surface area contributed by atoms with Crippen LogP contribution < -0.4 is 5.32 Å². The number of rotatable bonds is 6. The number of hydrogen-bond donors (Lipinski definition) is 2. The normalized spacial score (nSPS) is 13.6. The van der Waals surface area contributed by atoms with Crippen LogP contribution in [-0.4, -0.2) is 23.0 Å². The third-order valence-electron chi connectivity index (χ3n) is 3.73. The van der Waals surface area contributed by atoms with Gasteiger partial charge in [-0.25, -0.2) is 4.79 Å². The Bertz CT molecular complexity index is 496. The Morgan fingerprint density at radius 1 is 1.25 bits per heavy atom. The van der Waals surface area contributed by atoms with E-state index in [4.69, 9.17) is 5.11 Å². The van der Waals surface area contributed by atoms with Crippen LogP contribution in [0.4, 0.5) is 0 Å². The molecule has 0 fully saturated rings. The molecular weight excluding hydrogens is 254 g/mol. The number of carboxylic acids is 1. The van der Waals surface area contributed by atoms with Gasteiger partial charge in [-0.3, -0.25) is 4.79 Å². The number of benzene rings is 1. The maximum atomic E-state index is 12.0. The van der Waals surface area contributed by atoms with E-state index in [9.17, 15) is 9.59 Å². The van der Waals surface area contributed by atoms with E-state index in [0.717, 1.165) is 11.1 Å². The SMILES string of the molecule is CCC(C)[C@H](NC(=O)Cc1ccc(C)c(C)c1)C(=O)O. The lowest BCUT2D eigenvalue weighted by atomic mass is 9.98. The number of carbonyl (C=O) groups is 2. The van der Waals surface area contributed by atoms with Crippen molar-refractivity contribution in [3.8, 4) is 0 Å². The van der Waals surface area contributed by atoms with E-state index < -0.39 is 12.0 Å². The molecule has 4 nitrogen and oxygen atoms in total. The molecule has 1 aromatic carbocycles. The second-order valence-corrected chi connectivity index (χ2v) is 5.36. The summed E-state index contributed by atoms with van der Waals surface area (Å²) in [6.45, 7) is 7.75. The Kier molecular flexibility index (Phi) is 5.74. The minimum absolute atomic E-state index is 0.0868. The first kappa shape index (κ1) is 16.2. The fraction of sp³-hybridized carbons (Fsp3) is 0.500. The highest BCUT2D eigenvalue weighted by molar-refractivity contribution is 5.85. The highest BCUT2D eigenvalue weighted by atomic mass is 16.4. The number of hydrogen-bond acceptors (Lipinski definition) is 2. The molecule has 0 aliphatic heterocycles. The van der Waals surface area contributed by atoms with Crippen LogP contribution in [0.25, 0.3) is 0 Å². The molecule has 1 rings (SSSR count). The Balaban J connectivity index is 2.70. The minimum Gasteiger partial charge on any atom is -0.480 e. The highest BCUT2D eigenvalue weighted by Gasteiger charge is 2.25. The van der Waals surface area contributed by atoms with Gasteiger partial charge in [0.25, 0.3) is 0 Å². The third kappa shape index (κ3) is 4.37. The van der Waals surface area contributed by atoms with Crippen LogP contribution in [0.15, 0.2) is 18.2 Å². The monoisotopic (exact) mass is 277 g/mol. The van der Waals surface area contributed by atoms with Crippen molar-refractivity contribution in [1.82, 2.24) is 5.32 Å². The highest BCUT2D eigenvalue weighted by Crippen LogP contribution is 2.12. The number of carbonyl (C=O) groups excluding carboxylic acids is 1. The van der Waals surface area contributed by atoms with E-state index in [1.165, 1.54) is 5.56 Å². The van der Waals surface area contributed by atoms with Gasteiger partial charge in [0.15, 0.2) is 0 Å². The number of nitrogens with one attached hydrogen (secondary N) is 1.